The van der Waals surface area contributed by atoms with Gasteiger partial charge >= 0.3 is 0 Å². The molecule has 1 saturated heterocycles. The number of hydrogen-bond acceptors (Lipinski definition) is 4. The Balaban J connectivity index is 0.00000126. The quantitative estimate of drug-likeness (QED) is 0.599. The number of hydrogen-bond donors (Lipinski definition) is 4. The minimum Gasteiger partial charge on any atom is -0.507 e. The van der Waals surface area contributed by atoms with Crippen molar-refractivity contribution in [1.82, 2.24) is 0 Å². The van der Waals surface area contributed by atoms with Crippen molar-refractivity contribution in [3.05, 3.63) is 35.9 Å². The highest BCUT2D eigenvalue weighted by atomic mass is 16.3. The molecule has 0 saturated carbocycles. The third-order valence-corrected chi connectivity index (χ3v) is 6.52. The lowest BCUT2D eigenvalue weighted by Crippen LogP contribution is -2.27. The maximum absolute atomic E-state index is 10.3. The Kier molecular flexibility index (Phi) is 5.86. The predicted molar refractivity (Wildman–Crippen MR) is 112 cm³/mol. The van der Waals surface area contributed by atoms with Gasteiger partial charge in [0.2, 0.25) is 0 Å². The van der Waals surface area contributed by atoms with Crippen molar-refractivity contribution < 1.29 is 20.4 Å². The topological polar surface area (TPSA) is 80.9 Å². The monoisotopic (exact) mass is 370 g/mol. The van der Waals surface area contributed by atoms with Crippen LogP contribution in [0.4, 0.5) is 0 Å². The lowest BCUT2D eigenvalue weighted by atomic mass is 9.42. The summed E-state index contributed by atoms with van der Waals surface area (Å²) in [5.74, 6) is -0.296. The van der Waals surface area contributed by atoms with Crippen molar-refractivity contribution in [3.8, 4) is 28.4 Å². The molecule has 0 aromatic heterocycles. The lowest BCUT2D eigenvalue weighted by molar-refractivity contribution is 0.177. The van der Waals surface area contributed by atoms with E-state index in [9.17, 15) is 15.3 Å². The molecule has 5 heteroatoms. The maximum atomic E-state index is 10.3. The Bertz CT molecular complexity index is 794. The Labute approximate surface area is 162 Å². The number of aliphatic hydroxyl groups excluding tert-OH is 1. The fraction of sp³-hybridized carbons (Fsp3) is 0.455. The molecule has 146 valence electrons. The van der Waals surface area contributed by atoms with Crippen molar-refractivity contribution in [2.75, 3.05) is 7.11 Å². The van der Waals surface area contributed by atoms with Crippen LogP contribution in [-0.4, -0.2) is 34.2 Å². The van der Waals surface area contributed by atoms with Crippen molar-refractivity contribution in [3.63, 3.8) is 0 Å². The van der Waals surface area contributed by atoms with Gasteiger partial charge in [0.05, 0.1) is 5.56 Å². The van der Waals surface area contributed by atoms with E-state index >= 15 is 0 Å². The maximum Gasteiger partial charge on any atom is 0.176 e. The van der Waals surface area contributed by atoms with Gasteiger partial charge in [-0.25, -0.2) is 0 Å². The molecule has 1 heterocycles. The molecule has 27 heavy (non-hydrogen) atoms. The van der Waals surface area contributed by atoms with E-state index in [4.69, 9.17) is 5.11 Å². The Morgan fingerprint density at radius 2 is 1.30 bits per heavy atom. The Morgan fingerprint density at radius 3 is 1.78 bits per heavy atom. The van der Waals surface area contributed by atoms with Gasteiger partial charge in [0, 0.05) is 18.7 Å². The second-order valence-corrected chi connectivity index (χ2v) is 8.76. The SMILES string of the molecule is CO.Cc1c(O)cc(O)c(-c2ccc(B3CC(C)(C)C(C)(C)C3)cc2)c1O. The zero-order valence-corrected chi connectivity index (χ0v) is 17.2. The van der Waals surface area contributed by atoms with Crippen LogP contribution >= 0.6 is 0 Å². The smallest absolute Gasteiger partial charge is 0.176 e. The number of aromatic hydroxyl groups is 3. The Hall–Kier alpha value is -2.14. The van der Waals surface area contributed by atoms with E-state index in [0.717, 1.165) is 25.3 Å². The molecule has 4 nitrogen and oxygen atoms in total. The van der Waals surface area contributed by atoms with Gasteiger partial charge in [-0.05, 0) is 23.3 Å². The molecule has 1 aliphatic heterocycles. The van der Waals surface area contributed by atoms with Gasteiger partial charge in [-0.3, -0.25) is 0 Å². The van der Waals surface area contributed by atoms with Crippen LogP contribution in [0.15, 0.2) is 30.3 Å². The molecule has 0 amide bonds. The molecule has 0 aliphatic carbocycles. The fourth-order valence-corrected chi connectivity index (χ4v) is 4.04. The van der Waals surface area contributed by atoms with Crippen molar-refractivity contribution >= 4 is 12.2 Å². The molecule has 0 radical (unpaired) electrons. The summed E-state index contributed by atoms with van der Waals surface area (Å²) in [5, 5.41) is 37.2. The van der Waals surface area contributed by atoms with E-state index < -0.39 is 0 Å². The van der Waals surface area contributed by atoms with Crippen LogP contribution in [0.1, 0.15) is 33.3 Å². The summed E-state index contributed by atoms with van der Waals surface area (Å²) in [6.07, 6.45) is 2.32. The standard InChI is InChI=1S/C21H27BO3.CH4O/c1-13-16(23)10-17(24)18(19(13)25)14-6-8-15(9-7-14)22-11-20(2,3)21(4,5)12-22;1-2/h6-10,23-25H,11-12H2,1-5H3;2H,1H3. The van der Waals surface area contributed by atoms with Gasteiger partial charge in [0.15, 0.2) is 6.71 Å². The van der Waals surface area contributed by atoms with Crippen molar-refractivity contribution in [2.24, 2.45) is 10.8 Å². The third kappa shape index (κ3) is 3.79. The molecule has 0 spiro atoms. The molecular weight excluding hydrogens is 339 g/mol. The van der Waals surface area contributed by atoms with Crippen LogP contribution in [0.2, 0.25) is 12.6 Å². The number of aliphatic hydroxyl groups is 1. The van der Waals surface area contributed by atoms with E-state index in [-0.39, 0.29) is 17.2 Å². The molecule has 2 aromatic rings. The molecular formula is C22H31BO4. The summed E-state index contributed by atoms with van der Waals surface area (Å²) in [5.41, 5.74) is 3.40. The van der Waals surface area contributed by atoms with Crippen LogP contribution < -0.4 is 5.46 Å². The second-order valence-electron chi connectivity index (χ2n) is 8.76. The first-order chi connectivity index (χ1) is 12.5. The number of rotatable bonds is 2. The molecule has 0 unspecified atom stereocenters. The van der Waals surface area contributed by atoms with Gasteiger partial charge in [-0.15, -0.1) is 0 Å². The third-order valence-electron chi connectivity index (χ3n) is 6.52. The van der Waals surface area contributed by atoms with Crippen LogP contribution in [-0.2, 0) is 0 Å². The van der Waals surface area contributed by atoms with Gasteiger partial charge in [0.25, 0.3) is 0 Å². The van der Waals surface area contributed by atoms with E-state index in [1.807, 2.05) is 12.1 Å². The van der Waals surface area contributed by atoms with E-state index in [0.29, 0.717) is 28.7 Å². The van der Waals surface area contributed by atoms with Crippen molar-refractivity contribution in [1.29, 1.82) is 0 Å². The van der Waals surface area contributed by atoms with E-state index in [1.54, 1.807) is 6.92 Å². The molecule has 4 N–H and O–H groups in total. The highest BCUT2D eigenvalue weighted by molar-refractivity contribution is 6.74. The summed E-state index contributed by atoms with van der Waals surface area (Å²) >= 11 is 0. The highest BCUT2D eigenvalue weighted by Crippen LogP contribution is 2.52. The van der Waals surface area contributed by atoms with Crippen LogP contribution in [0.25, 0.3) is 11.1 Å². The number of phenols is 3. The normalized spacial score (nSPS) is 17.4. The molecule has 0 bridgehead atoms. The van der Waals surface area contributed by atoms with Crippen LogP contribution in [0.3, 0.4) is 0 Å². The predicted octanol–water partition coefficient (Wildman–Crippen LogP) is 4.16. The van der Waals surface area contributed by atoms with Gasteiger partial charge in [-0.2, -0.15) is 0 Å². The van der Waals surface area contributed by atoms with Gasteiger partial charge in [0.1, 0.15) is 17.2 Å². The molecule has 0 atom stereocenters. The van der Waals surface area contributed by atoms with E-state index in [2.05, 4.69) is 39.8 Å². The first-order valence-corrected chi connectivity index (χ1v) is 9.33. The largest absolute Gasteiger partial charge is 0.507 e. The lowest BCUT2D eigenvalue weighted by Gasteiger charge is -2.35. The van der Waals surface area contributed by atoms with Crippen molar-refractivity contribution in [2.45, 2.75) is 47.3 Å². The summed E-state index contributed by atoms with van der Waals surface area (Å²) in [4.78, 5) is 0. The zero-order valence-electron chi connectivity index (χ0n) is 17.2. The minimum atomic E-state index is -0.114. The van der Waals surface area contributed by atoms with Gasteiger partial charge < -0.3 is 20.4 Å². The molecule has 3 rings (SSSR count). The molecule has 1 fully saturated rings. The van der Waals surface area contributed by atoms with Gasteiger partial charge in [-0.1, -0.05) is 70.1 Å². The minimum absolute atomic E-state index is 0.0756. The average molecular weight is 370 g/mol. The summed E-state index contributed by atoms with van der Waals surface area (Å²) in [6, 6.07) is 9.36. The van der Waals surface area contributed by atoms with E-state index in [1.165, 1.54) is 11.5 Å². The second kappa shape index (κ2) is 7.47. The summed E-state index contributed by atoms with van der Waals surface area (Å²) in [6.45, 7) is 11.5. The summed E-state index contributed by atoms with van der Waals surface area (Å²) in [7, 11) is 1.00. The average Bonchev–Trinajstić information content (AvgIpc) is 2.83. The fourth-order valence-electron chi connectivity index (χ4n) is 4.04. The molecule has 1 aliphatic rings. The van der Waals surface area contributed by atoms with Crippen LogP contribution in [0.5, 0.6) is 17.2 Å². The highest BCUT2D eigenvalue weighted by Gasteiger charge is 2.47. The number of benzene rings is 2. The molecule has 2 aromatic carbocycles. The Morgan fingerprint density at radius 1 is 0.815 bits per heavy atom. The number of phenolic OH excluding ortho intramolecular Hbond substituents is 3. The zero-order chi connectivity index (χ0) is 20.6. The first-order valence-electron chi connectivity index (χ1n) is 9.33. The summed E-state index contributed by atoms with van der Waals surface area (Å²) < 4.78 is 0. The first kappa shape index (κ1) is 21.2. The van der Waals surface area contributed by atoms with Crippen LogP contribution in [0, 0.1) is 17.8 Å².